The number of unbranched alkanes of at least 4 members (excludes halogenated alkanes) is 1. The van der Waals surface area contributed by atoms with Gasteiger partial charge in [-0.15, -0.1) is 0 Å². The van der Waals surface area contributed by atoms with Crippen molar-refractivity contribution in [2.75, 3.05) is 57.7 Å². The third-order valence-corrected chi connectivity index (χ3v) is 6.02. The maximum atomic E-state index is 14.9. The largest absolute Gasteiger partial charge is 0.493 e. The van der Waals surface area contributed by atoms with Crippen molar-refractivity contribution < 1.29 is 20.1 Å². The summed E-state index contributed by atoms with van der Waals surface area (Å²) in [7, 11) is 7.29. The Hall–Kier alpha value is -2.80. The van der Waals surface area contributed by atoms with Crippen molar-refractivity contribution in [3.63, 3.8) is 0 Å². The van der Waals surface area contributed by atoms with Gasteiger partial charge in [0.2, 0.25) is 0 Å². The van der Waals surface area contributed by atoms with E-state index in [1.165, 1.54) is 11.0 Å². The quantitative estimate of drug-likeness (QED) is 0.525. The van der Waals surface area contributed by atoms with Crippen molar-refractivity contribution in [3.8, 4) is 11.5 Å². The van der Waals surface area contributed by atoms with Crippen molar-refractivity contribution >= 4 is 17.3 Å². The van der Waals surface area contributed by atoms with Gasteiger partial charge in [-0.25, -0.2) is 4.39 Å². The molecule has 0 aromatic heterocycles. The van der Waals surface area contributed by atoms with Crippen LogP contribution in [0.5, 0.6) is 11.5 Å². The molecule has 0 radical (unpaired) electrons. The molecule has 0 aliphatic carbocycles. The molecular weight excluding hydrogens is 409 g/mol. The number of ether oxygens (including phenoxy) is 2. The van der Waals surface area contributed by atoms with E-state index in [0.29, 0.717) is 41.1 Å². The number of amides is 1. The van der Waals surface area contributed by atoms with Crippen LogP contribution in [0.25, 0.3) is 0 Å². The lowest BCUT2D eigenvalue weighted by Gasteiger charge is -2.24. The first-order valence-corrected chi connectivity index (χ1v) is 11.2. The van der Waals surface area contributed by atoms with Gasteiger partial charge in [0.15, 0.2) is 11.5 Å². The number of likely N-dealkylation sites (N-methyl/N-ethyl adjacent to an activating group) is 1. The van der Waals surface area contributed by atoms with Crippen LogP contribution in [0.15, 0.2) is 36.4 Å². The third kappa shape index (κ3) is 5.33. The highest BCUT2D eigenvalue weighted by atomic mass is 19.1. The van der Waals surface area contributed by atoms with E-state index >= 15 is 0 Å². The summed E-state index contributed by atoms with van der Waals surface area (Å²) < 4.78 is 26.1. The maximum Gasteiger partial charge on any atom is 0.258 e. The first-order valence-electron chi connectivity index (χ1n) is 11.2. The van der Waals surface area contributed by atoms with E-state index in [9.17, 15) is 9.18 Å². The highest BCUT2D eigenvalue weighted by Gasteiger charge is 2.26. The van der Waals surface area contributed by atoms with Crippen molar-refractivity contribution in [1.82, 2.24) is 4.90 Å². The summed E-state index contributed by atoms with van der Waals surface area (Å²) in [5.74, 6) is 0.548. The Balaban J connectivity index is 0.00000385. The fourth-order valence-corrected chi connectivity index (χ4v) is 3.90. The van der Waals surface area contributed by atoms with E-state index in [2.05, 4.69) is 16.7 Å². The van der Waals surface area contributed by atoms with Crippen molar-refractivity contribution in [2.45, 2.75) is 32.2 Å². The normalized spacial score (nSPS) is 15.8. The smallest absolute Gasteiger partial charge is 0.258 e. The second kappa shape index (κ2) is 10.7. The Labute approximate surface area is 192 Å². The summed E-state index contributed by atoms with van der Waals surface area (Å²) in [6.45, 7) is 4.31. The molecule has 7 heteroatoms. The number of nitrogens with zero attached hydrogens (tertiary/aromatic N) is 3. The average Bonchev–Trinajstić information content (AvgIpc) is 3.28. The molecule has 3 rings (SSSR count). The van der Waals surface area contributed by atoms with Crippen LogP contribution in [0.1, 0.15) is 38.0 Å². The van der Waals surface area contributed by atoms with Crippen LogP contribution < -0.4 is 19.3 Å². The van der Waals surface area contributed by atoms with Crippen LogP contribution in [-0.4, -0.2) is 64.8 Å². The summed E-state index contributed by atoms with van der Waals surface area (Å²) in [6.07, 6.45) is 2.99. The van der Waals surface area contributed by atoms with Crippen molar-refractivity contribution in [1.29, 1.82) is 0 Å². The van der Waals surface area contributed by atoms with E-state index in [-0.39, 0.29) is 13.2 Å². The zero-order valence-corrected chi connectivity index (χ0v) is 19.7. The summed E-state index contributed by atoms with van der Waals surface area (Å²) in [4.78, 5) is 18.7. The van der Waals surface area contributed by atoms with Crippen LogP contribution in [0, 0.1) is 5.82 Å². The molecule has 1 heterocycles. The predicted octanol–water partition coefficient (Wildman–Crippen LogP) is 4.68. The molecule has 0 bridgehead atoms. The van der Waals surface area contributed by atoms with Crippen LogP contribution in [0.4, 0.5) is 15.8 Å². The lowest BCUT2D eigenvalue weighted by Crippen LogP contribution is -2.31. The fraction of sp³-hybridized carbons (Fsp3) is 0.480. The molecule has 0 N–H and O–H groups in total. The molecule has 6 nitrogen and oxygen atoms in total. The number of halogens is 1. The molecule has 0 spiro atoms. The second-order valence-electron chi connectivity index (χ2n) is 8.42. The highest BCUT2D eigenvalue weighted by molar-refractivity contribution is 6.06. The number of anilines is 2. The molecule has 1 unspecified atom stereocenters. The van der Waals surface area contributed by atoms with Crippen LogP contribution in [-0.2, 0) is 0 Å². The van der Waals surface area contributed by atoms with Crippen LogP contribution in [0.3, 0.4) is 0 Å². The lowest BCUT2D eigenvalue weighted by atomic mass is 10.1. The summed E-state index contributed by atoms with van der Waals surface area (Å²) in [5.41, 5.74) is 1.53. The Bertz CT molecular complexity index is 941. The minimum Gasteiger partial charge on any atom is -0.493 e. The van der Waals surface area contributed by atoms with Gasteiger partial charge in [-0.1, -0.05) is 13.3 Å². The Morgan fingerprint density at radius 2 is 1.97 bits per heavy atom. The average molecular weight is 446 g/mol. The zero-order chi connectivity index (χ0) is 23.3. The van der Waals surface area contributed by atoms with Gasteiger partial charge in [0, 0.05) is 38.9 Å². The first kappa shape index (κ1) is 23.9. The third-order valence-electron chi connectivity index (χ3n) is 6.02. The molecule has 1 aliphatic rings. The molecule has 176 valence electrons. The van der Waals surface area contributed by atoms with Crippen molar-refractivity contribution in [2.24, 2.45) is 0 Å². The number of carbonyl (C=O) groups excluding carboxylic acids is 1. The fourth-order valence-electron chi connectivity index (χ4n) is 3.90. The Kier molecular flexibility index (Phi) is 7.96. The minimum absolute atomic E-state index is 0. The van der Waals surface area contributed by atoms with Gasteiger partial charge in [-0.05, 0) is 63.3 Å². The number of methoxy groups -OCH3 is 1. The minimum atomic E-state index is -0.321. The van der Waals surface area contributed by atoms with Crippen molar-refractivity contribution in [3.05, 3.63) is 47.8 Å². The van der Waals surface area contributed by atoms with Crippen LogP contribution >= 0.6 is 0 Å². The number of carbonyl (C=O) groups is 1. The molecule has 0 saturated carbocycles. The predicted molar refractivity (Wildman–Crippen MR) is 129 cm³/mol. The number of hydrogen-bond donors (Lipinski definition) is 0. The van der Waals surface area contributed by atoms with Gasteiger partial charge in [-0.3, -0.25) is 4.79 Å². The van der Waals surface area contributed by atoms with Gasteiger partial charge < -0.3 is 24.2 Å². The first-order chi connectivity index (χ1) is 15.3. The van der Waals surface area contributed by atoms with E-state index in [1.807, 2.05) is 14.1 Å². The van der Waals surface area contributed by atoms with E-state index < -0.39 is 0 Å². The number of rotatable bonds is 9. The molecule has 1 saturated heterocycles. The molecule has 1 fully saturated rings. The number of benzene rings is 2. The maximum absolute atomic E-state index is 14.9. The lowest BCUT2D eigenvalue weighted by molar-refractivity contribution is 0.0992. The molecule has 32 heavy (non-hydrogen) atoms. The Morgan fingerprint density at radius 3 is 2.59 bits per heavy atom. The summed E-state index contributed by atoms with van der Waals surface area (Å²) in [6, 6.07) is 10.5. The molecule has 1 atom stereocenters. The zero-order valence-electron chi connectivity index (χ0n) is 19.7. The summed E-state index contributed by atoms with van der Waals surface area (Å²) >= 11 is 0. The molecule has 1 aliphatic heterocycles. The SMILES string of the molecule is CCCCOc1ccc(C(=O)N(C)c2ccc(N3CCC(N(C)C)C3)c(F)c2)cc1OC.[HH]. The van der Waals surface area contributed by atoms with Gasteiger partial charge in [-0.2, -0.15) is 0 Å². The highest BCUT2D eigenvalue weighted by Crippen LogP contribution is 2.31. The molecule has 2 aromatic carbocycles. The van der Waals surface area contributed by atoms with E-state index in [4.69, 9.17) is 9.47 Å². The van der Waals surface area contributed by atoms with E-state index in [0.717, 1.165) is 32.4 Å². The van der Waals surface area contributed by atoms with Gasteiger partial charge in [0.25, 0.3) is 5.91 Å². The van der Waals surface area contributed by atoms with Gasteiger partial charge >= 0.3 is 0 Å². The van der Waals surface area contributed by atoms with Crippen LogP contribution in [0.2, 0.25) is 0 Å². The standard InChI is InChI=1S/C25H34FN3O3.H2/c1-6-7-14-32-23-11-8-18(15-24(23)31-5)25(30)28(4)19-9-10-22(21(26)16-19)29-13-12-20(17-29)27(2)3;/h8-11,15-16,20H,6-7,12-14,17H2,1-5H3;1H. The topological polar surface area (TPSA) is 45.2 Å². The number of hydrogen-bond acceptors (Lipinski definition) is 5. The van der Waals surface area contributed by atoms with Gasteiger partial charge in [0.1, 0.15) is 5.82 Å². The van der Waals surface area contributed by atoms with E-state index in [1.54, 1.807) is 44.5 Å². The molecular formula is C25H36FN3O3. The summed E-state index contributed by atoms with van der Waals surface area (Å²) in [5, 5.41) is 0. The Morgan fingerprint density at radius 1 is 1.19 bits per heavy atom. The monoisotopic (exact) mass is 445 g/mol. The molecule has 2 aromatic rings. The molecule has 1 amide bonds. The van der Waals surface area contributed by atoms with Gasteiger partial charge in [0.05, 0.1) is 19.4 Å². The second-order valence-corrected chi connectivity index (χ2v) is 8.42.